The number of fused-ring (bicyclic) bond motifs is 2. The minimum Gasteiger partial charge on any atom is -0.352 e. The first kappa shape index (κ1) is 28.4. The van der Waals surface area contributed by atoms with E-state index in [4.69, 9.17) is 21.6 Å². The minimum atomic E-state index is -0.490. The van der Waals surface area contributed by atoms with Crippen LogP contribution in [0.2, 0.25) is 5.02 Å². The molecule has 2 aliphatic rings. The molecular weight excluding hydrogens is 555 g/mol. The summed E-state index contributed by atoms with van der Waals surface area (Å²) in [5.41, 5.74) is 2.90. The molecule has 2 aromatic carbocycles. The van der Waals surface area contributed by atoms with Crippen molar-refractivity contribution in [1.82, 2.24) is 30.0 Å². The Hall–Kier alpha value is -3.76. The van der Waals surface area contributed by atoms with E-state index >= 15 is 4.39 Å². The first-order valence-electron chi connectivity index (χ1n) is 14.5. The molecule has 0 spiro atoms. The van der Waals surface area contributed by atoms with E-state index in [1.165, 1.54) is 6.08 Å². The molecule has 2 N–H and O–H groups in total. The summed E-state index contributed by atoms with van der Waals surface area (Å²) in [5, 5.41) is 12.3. The highest BCUT2D eigenvalue weighted by Crippen LogP contribution is 2.42. The van der Waals surface area contributed by atoms with Crippen LogP contribution in [0.4, 0.5) is 16.2 Å². The van der Waals surface area contributed by atoms with Gasteiger partial charge < -0.3 is 20.0 Å². The van der Waals surface area contributed by atoms with E-state index in [-0.39, 0.29) is 22.5 Å². The van der Waals surface area contributed by atoms with Crippen molar-refractivity contribution in [2.24, 2.45) is 0 Å². The number of benzene rings is 2. The van der Waals surface area contributed by atoms with Crippen molar-refractivity contribution in [3.8, 4) is 11.1 Å². The molecule has 2 saturated heterocycles. The summed E-state index contributed by atoms with van der Waals surface area (Å²) < 4.78 is 16.8. The number of hydrogen-bond donors (Lipinski definition) is 2. The number of nitrogens with one attached hydrogen (secondary N) is 2. The Kier molecular flexibility index (Phi) is 7.76. The number of halogens is 2. The van der Waals surface area contributed by atoms with E-state index in [1.54, 1.807) is 17.2 Å². The minimum absolute atomic E-state index is 0.0974. The first-order valence-corrected chi connectivity index (χ1v) is 14.9. The SMILES string of the molecule is C=CC(=O)N1CCN(c2nc(NC3CCN(C(C)C)CC3)nc3c(F)c(-c4c(C)ccc5[nH]ncc45)c(Cl)cc23)CC1. The third-order valence-corrected chi connectivity index (χ3v) is 8.90. The van der Waals surface area contributed by atoms with Gasteiger partial charge in [-0.05, 0) is 57.4 Å². The molecule has 11 heteroatoms. The molecule has 0 unspecified atom stereocenters. The van der Waals surface area contributed by atoms with Gasteiger partial charge in [-0.15, -0.1) is 0 Å². The van der Waals surface area contributed by atoms with Gasteiger partial charge in [0.1, 0.15) is 11.3 Å². The zero-order valence-electron chi connectivity index (χ0n) is 24.3. The number of piperazine rings is 1. The summed E-state index contributed by atoms with van der Waals surface area (Å²) >= 11 is 6.88. The number of H-pyrrole nitrogens is 1. The van der Waals surface area contributed by atoms with Crippen LogP contribution in [0, 0.1) is 12.7 Å². The van der Waals surface area contributed by atoms with Crippen molar-refractivity contribution >= 4 is 51.1 Å². The molecule has 0 saturated carbocycles. The topological polar surface area (TPSA) is 93.3 Å². The highest BCUT2D eigenvalue weighted by Gasteiger charge is 2.28. The van der Waals surface area contributed by atoms with E-state index in [0.717, 1.165) is 42.4 Å². The number of aromatic amines is 1. The van der Waals surface area contributed by atoms with Crippen molar-refractivity contribution in [2.75, 3.05) is 49.5 Å². The summed E-state index contributed by atoms with van der Waals surface area (Å²) in [6, 6.07) is 6.32. The molecule has 2 aromatic heterocycles. The van der Waals surface area contributed by atoms with Gasteiger partial charge in [0, 0.05) is 73.3 Å². The number of likely N-dealkylation sites (tertiary alicyclic amines) is 1. The van der Waals surface area contributed by atoms with Crippen molar-refractivity contribution in [3.63, 3.8) is 0 Å². The Morgan fingerprint density at radius 3 is 2.55 bits per heavy atom. The van der Waals surface area contributed by atoms with Crippen molar-refractivity contribution in [3.05, 3.63) is 53.5 Å². The third kappa shape index (κ3) is 5.18. The molecular formula is C31H36ClFN8O. The molecule has 220 valence electrons. The number of piperidine rings is 1. The second-order valence-corrected chi connectivity index (χ2v) is 11.9. The summed E-state index contributed by atoms with van der Waals surface area (Å²) in [6.45, 7) is 14.1. The standard InChI is InChI=1S/C31H36ClFN8O/c1-5-25(42)40-12-14-41(15-13-40)30-21-16-23(32)27(26-19(4)6-7-24-22(26)17-34-38-24)28(33)29(21)36-31(37-30)35-20-8-10-39(11-9-20)18(2)3/h5-7,16-18,20H,1,8-15H2,2-4H3,(H,34,38)(H,35,36,37). The van der Waals surface area contributed by atoms with E-state index in [2.05, 4.69) is 45.7 Å². The normalized spacial score (nSPS) is 17.0. The van der Waals surface area contributed by atoms with Gasteiger partial charge in [0.2, 0.25) is 11.9 Å². The van der Waals surface area contributed by atoms with Gasteiger partial charge in [0.15, 0.2) is 5.82 Å². The molecule has 0 aliphatic carbocycles. The van der Waals surface area contributed by atoms with Crippen molar-refractivity contribution in [2.45, 2.75) is 45.7 Å². The summed E-state index contributed by atoms with van der Waals surface area (Å²) in [5.74, 6) is 0.421. The Balaban J connectivity index is 1.44. The highest BCUT2D eigenvalue weighted by molar-refractivity contribution is 6.35. The highest BCUT2D eigenvalue weighted by atomic mass is 35.5. The van der Waals surface area contributed by atoms with Crippen LogP contribution in [-0.2, 0) is 4.79 Å². The Bertz CT molecular complexity index is 1650. The number of aryl methyl sites for hydroxylation is 1. The number of carbonyl (C=O) groups is 1. The maximum Gasteiger partial charge on any atom is 0.246 e. The predicted octanol–water partition coefficient (Wildman–Crippen LogP) is 5.39. The maximum absolute atomic E-state index is 16.8. The lowest BCUT2D eigenvalue weighted by Gasteiger charge is -2.36. The van der Waals surface area contributed by atoms with Crippen LogP contribution in [-0.4, -0.2) is 87.2 Å². The van der Waals surface area contributed by atoms with Gasteiger partial charge >= 0.3 is 0 Å². The van der Waals surface area contributed by atoms with Crippen LogP contribution in [0.15, 0.2) is 37.1 Å². The molecule has 1 amide bonds. The first-order chi connectivity index (χ1) is 20.2. The third-order valence-electron chi connectivity index (χ3n) is 8.60. The van der Waals surface area contributed by atoms with Crippen LogP contribution in [0.5, 0.6) is 0 Å². The van der Waals surface area contributed by atoms with Crippen LogP contribution in [0.3, 0.4) is 0 Å². The largest absolute Gasteiger partial charge is 0.352 e. The van der Waals surface area contributed by atoms with Crippen LogP contribution < -0.4 is 10.2 Å². The fraction of sp³-hybridized carbons (Fsp3) is 0.419. The average molecular weight is 591 g/mol. The lowest BCUT2D eigenvalue weighted by Crippen LogP contribution is -2.48. The Morgan fingerprint density at radius 1 is 1.12 bits per heavy atom. The Morgan fingerprint density at radius 2 is 1.86 bits per heavy atom. The fourth-order valence-electron chi connectivity index (χ4n) is 6.18. The number of carbonyl (C=O) groups excluding carboxylic acids is 1. The zero-order valence-corrected chi connectivity index (χ0v) is 25.0. The molecule has 0 atom stereocenters. The second kappa shape index (κ2) is 11.5. The van der Waals surface area contributed by atoms with Crippen LogP contribution in [0.25, 0.3) is 32.9 Å². The van der Waals surface area contributed by atoms with E-state index in [1.807, 2.05) is 19.1 Å². The van der Waals surface area contributed by atoms with Crippen LogP contribution >= 0.6 is 11.6 Å². The molecule has 42 heavy (non-hydrogen) atoms. The summed E-state index contributed by atoms with van der Waals surface area (Å²) in [7, 11) is 0. The second-order valence-electron chi connectivity index (χ2n) is 11.5. The summed E-state index contributed by atoms with van der Waals surface area (Å²) in [4.78, 5) is 28.2. The van der Waals surface area contributed by atoms with E-state index in [0.29, 0.717) is 60.5 Å². The lowest BCUT2D eigenvalue weighted by molar-refractivity contribution is -0.126. The monoisotopic (exact) mass is 590 g/mol. The van der Waals surface area contributed by atoms with E-state index < -0.39 is 5.82 Å². The molecule has 4 heterocycles. The average Bonchev–Trinajstić information content (AvgIpc) is 3.47. The van der Waals surface area contributed by atoms with Gasteiger partial charge in [0.25, 0.3) is 0 Å². The number of rotatable bonds is 6. The summed E-state index contributed by atoms with van der Waals surface area (Å²) in [6.07, 6.45) is 4.94. The van der Waals surface area contributed by atoms with Gasteiger partial charge in [-0.1, -0.05) is 24.2 Å². The molecule has 6 rings (SSSR count). The predicted molar refractivity (Wildman–Crippen MR) is 167 cm³/mol. The Labute approximate surface area is 249 Å². The smallest absolute Gasteiger partial charge is 0.246 e. The maximum atomic E-state index is 16.8. The number of hydrogen-bond acceptors (Lipinski definition) is 7. The fourth-order valence-corrected chi connectivity index (χ4v) is 6.47. The van der Waals surface area contributed by atoms with Crippen molar-refractivity contribution in [1.29, 1.82) is 0 Å². The van der Waals surface area contributed by atoms with Crippen molar-refractivity contribution < 1.29 is 9.18 Å². The van der Waals surface area contributed by atoms with Gasteiger partial charge in [-0.25, -0.2) is 9.37 Å². The molecule has 0 bridgehead atoms. The number of anilines is 2. The van der Waals surface area contributed by atoms with E-state index in [9.17, 15) is 4.79 Å². The van der Waals surface area contributed by atoms with Crippen LogP contribution in [0.1, 0.15) is 32.3 Å². The number of amides is 1. The van der Waals surface area contributed by atoms with Gasteiger partial charge in [-0.2, -0.15) is 10.1 Å². The van der Waals surface area contributed by atoms with Gasteiger partial charge in [-0.3, -0.25) is 9.89 Å². The zero-order chi connectivity index (χ0) is 29.5. The molecule has 0 radical (unpaired) electrons. The quantitative estimate of drug-likeness (QED) is 0.291. The van der Waals surface area contributed by atoms with Gasteiger partial charge in [0.05, 0.1) is 16.7 Å². The lowest BCUT2D eigenvalue weighted by atomic mass is 9.95. The molecule has 2 aliphatic heterocycles. The molecule has 4 aromatic rings. The molecule has 9 nitrogen and oxygen atoms in total. The number of nitrogens with zero attached hydrogens (tertiary/aromatic N) is 6. The number of aromatic nitrogens is 4. The molecule has 2 fully saturated rings.